The van der Waals surface area contributed by atoms with E-state index in [0.717, 1.165) is 38.3 Å². The van der Waals surface area contributed by atoms with Crippen molar-refractivity contribution in [3.05, 3.63) is 48.0 Å². The van der Waals surface area contributed by atoms with E-state index in [2.05, 4.69) is 39.6 Å². The number of likely N-dealkylation sites (tertiary alicyclic amines) is 1. The minimum atomic E-state index is -0.302. The molecule has 2 heterocycles. The lowest BCUT2D eigenvalue weighted by Gasteiger charge is -2.22. The number of aryl methyl sites for hydroxylation is 2. The monoisotopic (exact) mass is 327 g/mol. The molecule has 24 heavy (non-hydrogen) atoms. The SMILES string of the molecule is CN1CC[C@@](C)(C(=O)NCc2nncn2CCc2ccccc2)C1. The fourth-order valence-electron chi connectivity index (χ4n) is 3.25. The Labute approximate surface area is 142 Å². The molecule has 6 heteroatoms. The molecule has 1 aromatic heterocycles. The van der Waals surface area contributed by atoms with E-state index in [-0.39, 0.29) is 11.3 Å². The largest absolute Gasteiger partial charge is 0.348 e. The van der Waals surface area contributed by atoms with Gasteiger partial charge in [-0.3, -0.25) is 4.79 Å². The van der Waals surface area contributed by atoms with Gasteiger partial charge in [0, 0.05) is 13.1 Å². The molecule has 1 fully saturated rings. The van der Waals surface area contributed by atoms with Crippen molar-refractivity contribution in [2.75, 3.05) is 20.1 Å². The first-order valence-corrected chi connectivity index (χ1v) is 8.44. The zero-order valence-corrected chi connectivity index (χ0v) is 14.4. The number of benzene rings is 1. The summed E-state index contributed by atoms with van der Waals surface area (Å²) in [5, 5.41) is 11.2. The van der Waals surface area contributed by atoms with Gasteiger partial charge < -0.3 is 14.8 Å². The zero-order chi connectivity index (χ0) is 17.0. The summed E-state index contributed by atoms with van der Waals surface area (Å²) in [4.78, 5) is 14.7. The standard InChI is InChI=1S/C18H25N5O/c1-18(9-11-22(2)13-18)17(24)19-12-16-21-20-14-23(16)10-8-15-6-4-3-5-7-15/h3-7,14H,8-13H2,1-2H3,(H,19,24)/t18-/m1/s1. The Bertz CT molecular complexity index is 684. The molecule has 1 N–H and O–H groups in total. The van der Waals surface area contributed by atoms with Crippen LogP contribution < -0.4 is 5.32 Å². The molecular formula is C18H25N5O. The van der Waals surface area contributed by atoms with E-state index in [1.165, 1.54) is 5.56 Å². The van der Waals surface area contributed by atoms with Gasteiger partial charge in [-0.1, -0.05) is 30.3 Å². The van der Waals surface area contributed by atoms with Crippen LogP contribution in [0.5, 0.6) is 0 Å². The summed E-state index contributed by atoms with van der Waals surface area (Å²) in [5.74, 6) is 0.902. The van der Waals surface area contributed by atoms with Crippen LogP contribution in [-0.2, 0) is 24.3 Å². The smallest absolute Gasteiger partial charge is 0.227 e. The van der Waals surface area contributed by atoms with E-state index in [1.54, 1.807) is 6.33 Å². The van der Waals surface area contributed by atoms with E-state index in [9.17, 15) is 4.79 Å². The predicted octanol–water partition coefficient (Wildman–Crippen LogP) is 1.48. The highest BCUT2D eigenvalue weighted by atomic mass is 16.2. The van der Waals surface area contributed by atoms with E-state index < -0.39 is 0 Å². The van der Waals surface area contributed by atoms with E-state index in [0.29, 0.717) is 6.54 Å². The lowest BCUT2D eigenvalue weighted by Crippen LogP contribution is -2.40. The number of hydrogen-bond donors (Lipinski definition) is 1. The van der Waals surface area contributed by atoms with Crippen LogP contribution >= 0.6 is 0 Å². The van der Waals surface area contributed by atoms with Crippen LogP contribution in [0.15, 0.2) is 36.7 Å². The Hall–Kier alpha value is -2.21. The van der Waals surface area contributed by atoms with Gasteiger partial charge in [0.1, 0.15) is 6.33 Å². The maximum absolute atomic E-state index is 12.5. The molecule has 1 aliphatic heterocycles. The molecule has 0 saturated carbocycles. The second-order valence-corrected chi connectivity index (χ2v) is 6.91. The van der Waals surface area contributed by atoms with Gasteiger partial charge in [-0.2, -0.15) is 0 Å². The molecule has 0 spiro atoms. The molecule has 2 aromatic rings. The lowest BCUT2D eigenvalue weighted by molar-refractivity contribution is -0.129. The lowest BCUT2D eigenvalue weighted by atomic mass is 9.89. The molecule has 0 unspecified atom stereocenters. The van der Waals surface area contributed by atoms with Gasteiger partial charge in [-0.25, -0.2) is 0 Å². The summed E-state index contributed by atoms with van der Waals surface area (Å²) >= 11 is 0. The molecule has 1 atom stereocenters. The number of hydrogen-bond acceptors (Lipinski definition) is 4. The first kappa shape index (κ1) is 16.6. The van der Waals surface area contributed by atoms with E-state index >= 15 is 0 Å². The van der Waals surface area contributed by atoms with Gasteiger partial charge in [0.15, 0.2) is 5.82 Å². The molecule has 1 aromatic carbocycles. The number of carbonyl (C=O) groups is 1. The van der Waals surface area contributed by atoms with Crippen LogP contribution in [0.25, 0.3) is 0 Å². The summed E-state index contributed by atoms with van der Waals surface area (Å²) < 4.78 is 2.01. The molecule has 1 amide bonds. The number of amides is 1. The third-order valence-electron chi connectivity index (χ3n) is 4.80. The average Bonchev–Trinajstić information content (AvgIpc) is 3.18. The fraction of sp³-hybridized carbons (Fsp3) is 0.500. The van der Waals surface area contributed by atoms with Gasteiger partial charge in [-0.05, 0) is 38.9 Å². The molecule has 1 aliphatic rings. The highest BCUT2D eigenvalue weighted by Crippen LogP contribution is 2.29. The summed E-state index contributed by atoms with van der Waals surface area (Å²) in [6.07, 6.45) is 3.55. The zero-order valence-electron chi connectivity index (χ0n) is 14.4. The minimum Gasteiger partial charge on any atom is -0.348 e. The maximum Gasteiger partial charge on any atom is 0.227 e. The van der Waals surface area contributed by atoms with E-state index in [4.69, 9.17) is 0 Å². The van der Waals surface area contributed by atoms with Crippen molar-refractivity contribution in [2.24, 2.45) is 5.41 Å². The van der Waals surface area contributed by atoms with E-state index in [1.807, 2.05) is 29.7 Å². The van der Waals surface area contributed by atoms with Crippen molar-refractivity contribution < 1.29 is 4.79 Å². The van der Waals surface area contributed by atoms with Gasteiger partial charge in [0.2, 0.25) is 5.91 Å². The van der Waals surface area contributed by atoms with Crippen LogP contribution in [0.1, 0.15) is 24.7 Å². The van der Waals surface area contributed by atoms with Crippen LogP contribution in [0.2, 0.25) is 0 Å². The Balaban J connectivity index is 1.55. The van der Waals surface area contributed by atoms with Crippen LogP contribution in [-0.4, -0.2) is 45.7 Å². The van der Waals surface area contributed by atoms with Crippen molar-refractivity contribution in [1.82, 2.24) is 25.0 Å². The number of carbonyl (C=O) groups excluding carboxylic acids is 1. The Morgan fingerprint density at radius 1 is 1.33 bits per heavy atom. The Kier molecular flexibility index (Phi) is 4.94. The van der Waals surface area contributed by atoms with Crippen molar-refractivity contribution in [1.29, 1.82) is 0 Å². The van der Waals surface area contributed by atoms with Crippen LogP contribution in [0.4, 0.5) is 0 Å². The first-order valence-electron chi connectivity index (χ1n) is 8.44. The average molecular weight is 327 g/mol. The van der Waals surface area contributed by atoms with Crippen LogP contribution in [0, 0.1) is 5.41 Å². The van der Waals surface area contributed by atoms with Crippen molar-refractivity contribution in [3.8, 4) is 0 Å². The molecule has 0 radical (unpaired) electrons. The molecule has 128 valence electrons. The quantitative estimate of drug-likeness (QED) is 0.873. The third-order valence-corrected chi connectivity index (χ3v) is 4.80. The van der Waals surface area contributed by atoms with Gasteiger partial charge in [-0.15, -0.1) is 10.2 Å². The van der Waals surface area contributed by atoms with Crippen molar-refractivity contribution >= 4 is 5.91 Å². The molecule has 0 aliphatic carbocycles. The van der Waals surface area contributed by atoms with Crippen molar-refractivity contribution in [2.45, 2.75) is 32.9 Å². The second kappa shape index (κ2) is 7.13. The minimum absolute atomic E-state index is 0.101. The topological polar surface area (TPSA) is 63.1 Å². The van der Waals surface area contributed by atoms with Gasteiger partial charge in [0.05, 0.1) is 12.0 Å². The Morgan fingerprint density at radius 3 is 2.83 bits per heavy atom. The second-order valence-electron chi connectivity index (χ2n) is 6.91. The summed E-state index contributed by atoms with van der Waals surface area (Å²) in [6, 6.07) is 10.3. The van der Waals surface area contributed by atoms with Gasteiger partial charge in [0.25, 0.3) is 0 Å². The number of nitrogens with one attached hydrogen (secondary N) is 1. The molecule has 0 bridgehead atoms. The Morgan fingerprint density at radius 2 is 2.12 bits per heavy atom. The van der Waals surface area contributed by atoms with Gasteiger partial charge >= 0.3 is 0 Å². The molecular weight excluding hydrogens is 302 g/mol. The predicted molar refractivity (Wildman–Crippen MR) is 92.2 cm³/mol. The fourth-order valence-corrected chi connectivity index (χ4v) is 3.25. The highest BCUT2D eigenvalue weighted by molar-refractivity contribution is 5.82. The number of nitrogens with zero attached hydrogens (tertiary/aromatic N) is 4. The highest BCUT2D eigenvalue weighted by Gasteiger charge is 2.38. The molecule has 6 nitrogen and oxygen atoms in total. The molecule has 1 saturated heterocycles. The number of rotatable bonds is 6. The third kappa shape index (κ3) is 3.82. The molecule has 3 rings (SSSR count). The van der Waals surface area contributed by atoms with Crippen LogP contribution in [0.3, 0.4) is 0 Å². The van der Waals surface area contributed by atoms with Crippen molar-refractivity contribution in [3.63, 3.8) is 0 Å². The summed E-state index contributed by atoms with van der Waals surface area (Å²) in [5.41, 5.74) is 0.978. The normalized spacial score (nSPS) is 21.1. The summed E-state index contributed by atoms with van der Waals surface area (Å²) in [6.45, 7) is 5.04. The first-order chi connectivity index (χ1) is 11.6. The number of aromatic nitrogens is 3. The summed E-state index contributed by atoms with van der Waals surface area (Å²) in [7, 11) is 2.05. The maximum atomic E-state index is 12.5.